The number of benzene rings is 3. The first-order valence-corrected chi connectivity index (χ1v) is 16.3. The second-order valence-electron chi connectivity index (χ2n) is 12.6. The topological polar surface area (TPSA) is 90.1 Å². The highest BCUT2D eigenvalue weighted by atomic mass is 35.5. The van der Waals surface area contributed by atoms with E-state index in [1.807, 2.05) is 91.9 Å². The highest BCUT2D eigenvalue weighted by molar-refractivity contribution is 6.30. The van der Waals surface area contributed by atoms with E-state index in [0.717, 1.165) is 52.2 Å². The number of methoxy groups -OCH3 is 1. The van der Waals surface area contributed by atoms with Gasteiger partial charge >= 0.3 is 6.03 Å². The summed E-state index contributed by atoms with van der Waals surface area (Å²) in [6, 6.07) is 20.3. The summed E-state index contributed by atoms with van der Waals surface area (Å²) in [4.78, 5) is 37.5. The summed E-state index contributed by atoms with van der Waals surface area (Å²) < 4.78 is 11.4. The van der Waals surface area contributed by atoms with Crippen molar-refractivity contribution in [3.8, 4) is 11.5 Å². The predicted octanol–water partition coefficient (Wildman–Crippen LogP) is 5.76. The lowest BCUT2D eigenvalue weighted by molar-refractivity contribution is -0.120. The minimum absolute atomic E-state index is 0.00593. The smallest absolute Gasteiger partial charge is 0.318 e. The Morgan fingerprint density at radius 1 is 1.04 bits per heavy atom. The number of aromatic nitrogens is 1. The quantitative estimate of drug-likeness (QED) is 0.242. The predicted molar refractivity (Wildman–Crippen MR) is 182 cm³/mol. The second kappa shape index (κ2) is 14.1. The second-order valence-corrected chi connectivity index (χ2v) is 13.0. The lowest BCUT2D eigenvalue weighted by atomic mass is 9.91. The van der Waals surface area contributed by atoms with Crippen molar-refractivity contribution in [3.63, 3.8) is 0 Å². The van der Waals surface area contributed by atoms with Crippen LogP contribution in [0.4, 0.5) is 10.5 Å². The highest BCUT2D eigenvalue weighted by Crippen LogP contribution is 2.33. The van der Waals surface area contributed by atoms with Crippen LogP contribution in [-0.2, 0) is 17.6 Å². The van der Waals surface area contributed by atoms with Gasteiger partial charge in [-0.3, -0.25) is 4.79 Å². The minimum Gasteiger partial charge on any atom is -0.497 e. The normalized spacial score (nSPS) is 17.5. The molecule has 2 N–H and O–H groups in total. The molecule has 3 heterocycles. The van der Waals surface area contributed by atoms with Crippen molar-refractivity contribution in [1.29, 1.82) is 0 Å². The molecule has 242 valence electrons. The number of likely N-dealkylation sites (tertiary alicyclic amines) is 1. The highest BCUT2D eigenvalue weighted by Gasteiger charge is 2.35. The molecule has 0 unspecified atom stereocenters. The van der Waals surface area contributed by atoms with Crippen LogP contribution < -0.4 is 19.7 Å². The Balaban J connectivity index is 1.20. The number of carbonyl (C=O) groups is 2. The van der Waals surface area contributed by atoms with Gasteiger partial charge in [0.05, 0.1) is 7.11 Å². The molecule has 9 nitrogen and oxygen atoms in total. The van der Waals surface area contributed by atoms with Crippen LogP contribution in [0.5, 0.6) is 11.5 Å². The van der Waals surface area contributed by atoms with Crippen LogP contribution in [0.3, 0.4) is 0 Å². The molecule has 1 saturated heterocycles. The summed E-state index contributed by atoms with van der Waals surface area (Å²) in [5.74, 6) is 1.67. The maximum absolute atomic E-state index is 14.6. The maximum Gasteiger partial charge on any atom is 0.318 e. The van der Waals surface area contributed by atoms with Gasteiger partial charge < -0.3 is 34.5 Å². The molecule has 2 aliphatic heterocycles. The number of amides is 3. The molecular formula is C36H42ClN5O4. The number of para-hydroxylation sites is 1. The Labute approximate surface area is 275 Å². The number of aromatic amines is 1. The molecule has 1 aromatic heterocycles. The summed E-state index contributed by atoms with van der Waals surface area (Å²) in [6.07, 6.45) is 4.55. The van der Waals surface area contributed by atoms with Crippen molar-refractivity contribution in [1.82, 2.24) is 20.1 Å². The van der Waals surface area contributed by atoms with E-state index in [9.17, 15) is 9.59 Å². The number of fused-ring (bicyclic) bond motifs is 2. The Hall–Kier alpha value is -4.21. The van der Waals surface area contributed by atoms with Gasteiger partial charge in [0.15, 0.2) is 0 Å². The lowest BCUT2D eigenvalue weighted by Crippen LogP contribution is -2.56. The Bertz CT molecular complexity index is 1660. The minimum atomic E-state index is -0.762. The summed E-state index contributed by atoms with van der Waals surface area (Å²) in [5.41, 5.74) is 3.89. The van der Waals surface area contributed by atoms with Crippen molar-refractivity contribution < 1.29 is 19.1 Å². The van der Waals surface area contributed by atoms with Gasteiger partial charge in [0, 0.05) is 73.3 Å². The van der Waals surface area contributed by atoms with Crippen molar-refractivity contribution >= 4 is 40.1 Å². The molecule has 0 aliphatic carbocycles. The number of ether oxygens (including phenoxy) is 2. The molecule has 10 heteroatoms. The monoisotopic (exact) mass is 643 g/mol. The molecule has 3 amide bonds. The zero-order valence-corrected chi connectivity index (χ0v) is 27.4. The molecule has 0 bridgehead atoms. The third kappa shape index (κ3) is 7.26. The van der Waals surface area contributed by atoms with E-state index in [1.54, 1.807) is 12.0 Å². The average molecular weight is 644 g/mol. The van der Waals surface area contributed by atoms with Gasteiger partial charge in [-0.05, 0) is 86.1 Å². The van der Waals surface area contributed by atoms with E-state index in [0.29, 0.717) is 43.9 Å². The van der Waals surface area contributed by atoms with E-state index in [4.69, 9.17) is 21.1 Å². The number of halogens is 1. The van der Waals surface area contributed by atoms with Crippen molar-refractivity contribution in [2.75, 3.05) is 52.3 Å². The molecule has 3 aromatic carbocycles. The van der Waals surface area contributed by atoms with Crippen LogP contribution in [0, 0.1) is 5.92 Å². The largest absolute Gasteiger partial charge is 0.497 e. The number of nitrogens with zero attached hydrogens (tertiary/aromatic N) is 3. The van der Waals surface area contributed by atoms with Gasteiger partial charge in [0.1, 0.15) is 23.6 Å². The molecule has 4 aromatic rings. The van der Waals surface area contributed by atoms with Crippen LogP contribution in [0.15, 0.2) is 72.9 Å². The van der Waals surface area contributed by atoms with E-state index < -0.39 is 6.04 Å². The number of rotatable bonds is 9. The molecule has 0 spiro atoms. The van der Waals surface area contributed by atoms with E-state index in [1.165, 1.54) is 0 Å². The third-order valence-corrected chi connectivity index (χ3v) is 9.19. The SMILES string of the molecule is COc1ccc(OC2CCN(C(=O)N[C@H](Cc3c[nH]c4ccccc34)C(=O)N3C[C@@H](CN(C)C)Cc4cc(Cl)ccc43)CC2)cc1. The first-order chi connectivity index (χ1) is 22.3. The fraction of sp³-hybridized carbons (Fsp3) is 0.389. The van der Waals surface area contributed by atoms with Crippen LogP contribution in [0.1, 0.15) is 24.0 Å². The Morgan fingerprint density at radius 3 is 2.52 bits per heavy atom. The van der Waals surface area contributed by atoms with Crippen LogP contribution in [-0.4, -0.2) is 86.3 Å². The van der Waals surface area contributed by atoms with E-state index in [2.05, 4.69) is 15.2 Å². The van der Waals surface area contributed by atoms with Gasteiger partial charge in [-0.1, -0.05) is 29.8 Å². The lowest BCUT2D eigenvalue weighted by Gasteiger charge is -2.38. The number of hydrogen-bond donors (Lipinski definition) is 2. The molecule has 6 rings (SSSR count). The van der Waals surface area contributed by atoms with Crippen LogP contribution >= 0.6 is 11.6 Å². The van der Waals surface area contributed by atoms with Gasteiger partial charge in [0.2, 0.25) is 5.91 Å². The Morgan fingerprint density at radius 2 is 1.78 bits per heavy atom. The van der Waals surface area contributed by atoms with E-state index in [-0.39, 0.29) is 24.0 Å². The first kappa shape index (κ1) is 31.8. The fourth-order valence-electron chi connectivity index (χ4n) is 6.73. The zero-order valence-electron chi connectivity index (χ0n) is 26.7. The molecule has 0 saturated carbocycles. The summed E-state index contributed by atoms with van der Waals surface area (Å²) in [7, 11) is 5.73. The number of hydrogen-bond acceptors (Lipinski definition) is 5. The van der Waals surface area contributed by atoms with Gasteiger partial charge in [-0.25, -0.2) is 4.79 Å². The fourth-order valence-corrected chi connectivity index (χ4v) is 6.93. The Kier molecular flexibility index (Phi) is 9.70. The van der Waals surface area contributed by atoms with Crippen molar-refractivity contribution in [3.05, 3.63) is 89.1 Å². The van der Waals surface area contributed by atoms with Crippen LogP contribution in [0.2, 0.25) is 5.02 Å². The third-order valence-electron chi connectivity index (χ3n) is 8.96. The number of urea groups is 1. The number of anilines is 1. The summed E-state index contributed by atoms with van der Waals surface area (Å²) in [6.45, 7) is 2.48. The van der Waals surface area contributed by atoms with Crippen molar-refractivity contribution in [2.24, 2.45) is 5.92 Å². The summed E-state index contributed by atoms with van der Waals surface area (Å²) in [5, 5.41) is 4.85. The van der Waals surface area contributed by atoms with Gasteiger partial charge in [-0.15, -0.1) is 0 Å². The van der Waals surface area contributed by atoms with E-state index >= 15 is 0 Å². The number of piperidine rings is 1. The van der Waals surface area contributed by atoms with Gasteiger partial charge in [0.25, 0.3) is 0 Å². The van der Waals surface area contributed by atoms with Gasteiger partial charge in [-0.2, -0.15) is 0 Å². The first-order valence-electron chi connectivity index (χ1n) is 15.9. The molecule has 46 heavy (non-hydrogen) atoms. The zero-order chi connectivity index (χ0) is 32.2. The maximum atomic E-state index is 14.6. The standard InChI is InChI=1S/C36H42ClN5O4/c1-40(2)22-24-18-25-19-27(37)8-13-34(25)42(23-24)35(43)33(20-26-21-38-32-7-5-4-6-31(26)32)39-36(44)41-16-14-30(15-17-41)46-29-11-9-28(45-3)10-12-29/h4-13,19,21,24,30,33,38H,14-18,20,22-23H2,1-3H3,(H,39,44)/t24-,33-/m1/s1. The molecule has 2 atom stereocenters. The molecule has 1 fully saturated rings. The van der Waals surface area contributed by atoms with Crippen molar-refractivity contribution in [2.45, 2.75) is 37.8 Å². The number of nitrogens with one attached hydrogen (secondary N) is 2. The summed E-state index contributed by atoms with van der Waals surface area (Å²) >= 11 is 6.40. The average Bonchev–Trinajstić information content (AvgIpc) is 3.46. The number of carbonyl (C=O) groups excluding carboxylic acids is 2. The molecule has 0 radical (unpaired) electrons. The molecular weight excluding hydrogens is 602 g/mol. The molecule has 2 aliphatic rings. The number of H-pyrrole nitrogens is 1. The van der Waals surface area contributed by atoms with Crippen LogP contribution in [0.25, 0.3) is 10.9 Å².